The molecule has 0 radical (unpaired) electrons. The van der Waals surface area contributed by atoms with Crippen LogP contribution in [0.4, 0.5) is 10.1 Å². The number of aliphatic hydroxyl groups is 1. The van der Waals surface area contributed by atoms with Crippen molar-refractivity contribution < 1.29 is 71.7 Å². The van der Waals surface area contributed by atoms with Crippen LogP contribution in [-0.4, -0.2) is 103 Å². The highest BCUT2D eigenvalue weighted by Gasteiger charge is 2.79. The summed E-state index contributed by atoms with van der Waals surface area (Å²) in [6.45, 7) is 1.98. The van der Waals surface area contributed by atoms with E-state index in [2.05, 4.69) is 31.9 Å². The number of carbonyl (C=O) groups excluding carboxylic acids is 5. The lowest BCUT2D eigenvalue weighted by atomic mass is 9.44. The molecule has 0 unspecified atom stereocenters. The van der Waals surface area contributed by atoms with Crippen molar-refractivity contribution in [2.75, 3.05) is 23.8 Å². The molecule has 344 valence electrons. The van der Waals surface area contributed by atoms with Gasteiger partial charge in [-0.25, -0.2) is 8.96 Å². The van der Waals surface area contributed by atoms with Gasteiger partial charge in [-0.15, -0.1) is 0 Å². The van der Waals surface area contributed by atoms with Gasteiger partial charge in [0, 0.05) is 34.4 Å². The van der Waals surface area contributed by atoms with E-state index in [1.165, 1.54) is 18.2 Å². The van der Waals surface area contributed by atoms with Crippen molar-refractivity contribution in [3.8, 4) is 0 Å². The molecular formula is C44H50BrFN3O14P. The number of carboxylic acids is 1. The van der Waals surface area contributed by atoms with Gasteiger partial charge in [-0.05, 0) is 86.8 Å². The fourth-order valence-electron chi connectivity index (χ4n) is 10.9. The first kappa shape index (κ1) is 47.5. The number of hydrogen-bond donors (Lipinski definition) is 7. The van der Waals surface area contributed by atoms with E-state index < -0.39 is 115 Å². The van der Waals surface area contributed by atoms with Crippen LogP contribution in [-0.2, 0) is 53.8 Å². The molecule has 5 aliphatic rings. The van der Waals surface area contributed by atoms with E-state index >= 15 is 4.39 Å². The molecule has 7 rings (SSSR count). The Bertz CT molecular complexity index is 2340. The highest BCUT2D eigenvalue weighted by atomic mass is 79.9. The zero-order valence-corrected chi connectivity index (χ0v) is 37.4. The molecule has 0 aromatic heterocycles. The maximum absolute atomic E-state index is 17.9. The predicted octanol–water partition coefficient (Wildman–Crippen LogP) is 3.89. The number of phosphoric acid groups is 1. The average molecular weight is 975 g/mol. The molecular weight excluding hydrogens is 924 g/mol. The number of aliphatic hydroxyl groups excluding tert-OH is 1. The summed E-state index contributed by atoms with van der Waals surface area (Å²) >= 11 is 2.97. The normalized spacial score (nSPS) is 32.0. The number of fused-ring (bicyclic) bond motifs is 7. The number of nitrogens with one attached hydrogen (secondary N) is 3. The van der Waals surface area contributed by atoms with Crippen LogP contribution in [0.5, 0.6) is 0 Å². The Hall–Kier alpha value is -4.46. The molecule has 1 heterocycles. The summed E-state index contributed by atoms with van der Waals surface area (Å²) in [5, 5.41) is 28.6. The third-order valence-corrected chi connectivity index (χ3v) is 14.9. The summed E-state index contributed by atoms with van der Waals surface area (Å²) in [4.78, 5) is 94.1. The molecule has 64 heavy (non-hydrogen) atoms. The van der Waals surface area contributed by atoms with Gasteiger partial charge in [0.1, 0.15) is 12.6 Å². The van der Waals surface area contributed by atoms with Crippen molar-refractivity contribution in [3.05, 3.63) is 89.0 Å². The Morgan fingerprint density at radius 1 is 1.05 bits per heavy atom. The summed E-state index contributed by atoms with van der Waals surface area (Å²) in [5.74, 6) is -5.38. The van der Waals surface area contributed by atoms with Crippen LogP contribution in [0, 0.1) is 22.7 Å². The van der Waals surface area contributed by atoms with Gasteiger partial charge < -0.3 is 45.4 Å². The lowest BCUT2D eigenvalue weighted by molar-refractivity contribution is -0.231. The fourth-order valence-corrected chi connectivity index (χ4v) is 11.4. The Kier molecular flexibility index (Phi) is 13.4. The third-order valence-electron chi connectivity index (χ3n) is 13.9. The number of alkyl halides is 2. The number of ether oxygens (including phenoxy) is 2. The Balaban J connectivity index is 1.08. The molecule has 20 heteroatoms. The SMILES string of the molecule is C[C@]12C=CC(=O)C=C1CC[C@H]1[C@@H]3C[C@H]4O[C@@H](c5cccc(Cc6ccc(NC(=O)[C@H](CCC(=O)O)NC(=O)CNC(=O)CBr)cc6)c5)O[C@@]4(C(=O)COP(=O)(O)O)[C@@]3(C)C[C@H](O)[C@@]12F. The average Bonchev–Trinajstić information content (AvgIpc) is 3.74. The fraction of sp³-hybridized carbons (Fsp3) is 0.500. The molecule has 10 atom stereocenters. The molecule has 0 spiro atoms. The van der Waals surface area contributed by atoms with Gasteiger partial charge in [0.2, 0.25) is 17.7 Å². The molecule has 1 aliphatic heterocycles. The number of phosphoric ester groups is 1. The van der Waals surface area contributed by atoms with Crippen LogP contribution in [0.2, 0.25) is 0 Å². The molecule has 3 saturated carbocycles. The second-order valence-corrected chi connectivity index (χ2v) is 19.4. The number of aliphatic carboxylic acids is 1. The first-order valence-corrected chi connectivity index (χ1v) is 23.5. The van der Waals surface area contributed by atoms with Crippen LogP contribution >= 0.6 is 23.8 Å². The predicted molar refractivity (Wildman–Crippen MR) is 228 cm³/mol. The largest absolute Gasteiger partial charge is 0.481 e. The second-order valence-electron chi connectivity index (χ2n) is 17.6. The number of hydrogen-bond acceptors (Lipinski definition) is 11. The Morgan fingerprint density at radius 3 is 2.47 bits per heavy atom. The molecule has 3 amide bonds. The molecule has 4 fully saturated rings. The van der Waals surface area contributed by atoms with Gasteiger partial charge in [0.05, 0.1) is 24.1 Å². The van der Waals surface area contributed by atoms with Crippen molar-refractivity contribution >= 4 is 64.7 Å². The van der Waals surface area contributed by atoms with Crippen molar-refractivity contribution in [3.63, 3.8) is 0 Å². The summed E-state index contributed by atoms with van der Waals surface area (Å²) < 4.78 is 47.7. The van der Waals surface area contributed by atoms with E-state index in [1.807, 2.05) is 12.1 Å². The summed E-state index contributed by atoms with van der Waals surface area (Å²) in [7, 11) is -5.12. The monoisotopic (exact) mass is 973 g/mol. The number of carbonyl (C=O) groups is 6. The second kappa shape index (κ2) is 18.1. The number of Topliss-reactive ketones (excluding diaryl/α,β-unsaturated/α-hetero) is 1. The lowest BCUT2D eigenvalue weighted by Gasteiger charge is -2.62. The minimum absolute atomic E-state index is 0.0275. The number of carboxylic acid groups (broad SMARTS) is 1. The molecule has 17 nitrogen and oxygen atoms in total. The van der Waals surface area contributed by atoms with Crippen LogP contribution in [0.3, 0.4) is 0 Å². The highest BCUT2D eigenvalue weighted by Crippen LogP contribution is 2.72. The van der Waals surface area contributed by atoms with Crippen molar-refractivity contribution in [2.24, 2.45) is 22.7 Å². The molecule has 0 bridgehead atoms. The Labute approximate surface area is 375 Å². The number of rotatable bonds is 16. The zero-order chi connectivity index (χ0) is 46.4. The molecule has 4 aliphatic carbocycles. The number of benzene rings is 2. The van der Waals surface area contributed by atoms with E-state index in [1.54, 1.807) is 50.2 Å². The molecule has 2 aromatic rings. The summed E-state index contributed by atoms with van der Waals surface area (Å²) in [6, 6.07) is 12.8. The van der Waals surface area contributed by atoms with E-state index in [0.29, 0.717) is 29.7 Å². The number of allylic oxidation sites excluding steroid dienone is 4. The number of anilines is 1. The van der Waals surface area contributed by atoms with Crippen LogP contribution in [0.15, 0.2) is 72.3 Å². The minimum Gasteiger partial charge on any atom is -0.481 e. The maximum Gasteiger partial charge on any atom is 0.470 e. The van der Waals surface area contributed by atoms with Gasteiger partial charge in [-0.1, -0.05) is 70.9 Å². The van der Waals surface area contributed by atoms with Gasteiger partial charge in [-0.2, -0.15) is 0 Å². The van der Waals surface area contributed by atoms with Crippen LogP contribution in [0.1, 0.15) is 75.4 Å². The van der Waals surface area contributed by atoms with E-state index in [0.717, 1.165) is 11.1 Å². The van der Waals surface area contributed by atoms with Gasteiger partial charge >= 0.3 is 13.8 Å². The smallest absolute Gasteiger partial charge is 0.470 e. The van der Waals surface area contributed by atoms with Crippen molar-refractivity contribution in [2.45, 2.75) is 94.6 Å². The first-order chi connectivity index (χ1) is 30.1. The topological polar surface area (TPSA) is 264 Å². The van der Waals surface area contributed by atoms with Gasteiger partial charge in [0.15, 0.2) is 29.1 Å². The van der Waals surface area contributed by atoms with Crippen molar-refractivity contribution in [1.29, 1.82) is 0 Å². The summed E-state index contributed by atoms with van der Waals surface area (Å²) in [5.41, 5.74) is -3.59. The summed E-state index contributed by atoms with van der Waals surface area (Å²) in [6.07, 6.45) is 0.846. The van der Waals surface area contributed by atoms with Crippen molar-refractivity contribution in [1.82, 2.24) is 10.6 Å². The van der Waals surface area contributed by atoms with E-state index in [-0.39, 0.29) is 36.8 Å². The molecule has 2 aromatic carbocycles. The van der Waals surface area contributed by atoms with Gasteiger partial charge in [-0.3, -0.25) is 33.3 Å². The highest BCUT2D eigenvalue weighted by molar-refractivity contribution is 9.09. The number of ketones is 2. The van der Waals surface area contributed by atoms with E-state index in [9.17, 15) is 53.3 Å². The first-order valence-electron chi connectivity index (χ1n) is 20.8. The third kappa shape index (κ3) is 8.80. The van der Waals surface area contributed by atoms with Crippen LogP contribution in [0.25, 0.3) is 0 Å². The number of amides is 3. The number of halogens is 2. The lowest BCUT2D eigenvalue weighted by Crippen LogP contribution is -2.69. The zero-order valence-electron chi connectivity index (χ0n) is 35.0. The Morgan fingerprint density at radius 2 is 1.78 bits per heavy atom. The maximum atomic E-state index is 17.9. The molecule has 7 N–H and O–H groups in total. The van der Waals surface area contributed by atoms with Crippen LogP contribution < -0.4 is 16.0 Å². The molecule has 1 saturated heterocycles. The van der Waals surface area contributed by atoms with Gasteiger partial charge in [0.25, 0.3) is 0 Å². The standard InChI is InChI=1S/C44H50BrFN3O14P/c1-41-15-14-29(50)18-27(41)8-11-30-31-19-35-44(34(52)23-61-64(58,59)60,42(31,2)20-33(51)43(30,41)46)63-40(62-35)26-5-3-4-25(17-26)16-24-6-9-28(10-7-24)48-39(57)32(12-13-38(55)56)49-37(54)22-47-36(53)21-45/h3-7,9-10,14-15,17-18,30-33,35,40,51H,8,11-13,16,19-23H2,1-2H3,(H,47,53)(H,48,57)(H,49,54)(H,55,56)(H2,58,59,60)/t30-,31-,32-,33-,35+,40+,41-,42-,43-,44+/m0/s1. The van der Waals surface area contributed by atoms with E-state index in [4.69, 9.17) is 14.0 Å². The minimum atomic E-state index is -5.12. The quantitative estimate of drug-likeness (QED) is 0.0931.